The summed E-state index contributed by atoms with van der Waals surface area (Å²) in [5, 5.41) is 5.23. The van der Waals surface area contributed by atoms with E-state index in [2.05, 4.69) is 10.1 Å². The van der Waals surface area contributed by atoms with E-state index in [4.69, 9.17) is 4.74 Å². The largest absolute Gasteiger partial charge is 0.497 e. The summed E-state index contributed by atoms with van der Waals surface area (Å²) in [5.41, 5.74) is 1.96. The lowest BCUT2D eigenvalue weighted by atomic mass is 10.3. The van der Waals surface area contributed by atoms with Gasteiger partial charge in [-0.05, 0) is 31.2 Å². The smallest absolute Gasteiger partial charge is 0.211 e. The van der Waals surface area contributed by atoms with Gasteiger partial charge < -0.3 is 4.74 Å². The second-order valence-corrected chi connectivity index (χ2v) is 4.74. The first-order valence-electron chi connectivity index (χ1n) is 5.23. The number of aromatic nitrogens is 3. The highest BCUT2D eigenvalue weighted by Crippen LogP contribution is 2.27. The Morgan fingerprint density at radius 3 is 2.88 bits per heavy atom. The van der Waals surface area contributed by atoms with E-state index in [0.717, 1.165) is 26.8 Å². The maximum absolute atomic E-state index is 5.20. The molecule has 0 amide bonds. The molecule has 0 spiro atoms. The predicted molar refractivity (Wildman–Crippen MR) is 68.0 cm³/mol. The van der Waals surface area contributed by atoms with Crippen LogP contribution in [0.15, 0.2) is 30.5 Å². The van der Waals surface area contributed by atoms with Gasteiger partial charge in [0.05, 0.1) is 23.0 Å². The molecule has 2 aromatic heterocycles. The van der Waals surface area contributed by atoms with Crippen LogP contribution in [-0.2, 0) is 0 Å². The minimum Gasteiger partial charge on any atom is -0.497 e. The van der Waals surface area contributed by atoms with Gasteiger partial charge in [-0.15, -0.1) is 0 Å². The molecule has 0 radical (unpaired) electrons. The summed E-state index contributed by atoms with van der Waals surface area (Å²) >= 11 is 1.60. The standard InChI is InChI=1S/C12H11N3OS/c1-8-5-6-15(14-8)12-13-10-4-3-9(16-2)7-11(10)17-12/h3-7H,1-2H3. The fourth-order valence-electron chi connectivity index (χ4n) is 1.64. The number of hydrogen-bond acceptors (Lipinski definition) is 4. The summed E-state index contributed by atoms with van der Waals surface area (Å²) in [7, 11) is 1.67. The van der Waals surface area contributed by atoms with Gasteiger partial charge >= 0.3 is 0 Å². The van der Waals surface area contributed by atoms with Gasteiger partial charge in [-0.3, -0.25) is 0 Å². The van der Waals surface area contributed by atoms with Crippen LogP contribution >= 0.6 is 11.3 Å². The minimum atomic E-state index is 0.851. The number of thiazole rings is 1. The van der Waals surface area contributed by atoms with Gasteiger partial charge in [0.2, 0.25) is 5.13 Å². The maximum atomic E-state index is 5.20. The Kier molecular flexibility index (Phi) is 2.33. The van der Waals surface area contributed by atoms with Crippen molar-refractivity contribution in [2.24, 2.45) is 0 Å². The van der Waals surface area contributed by atoms with Crippen molar-refractivity contribution < 1.29 is 4.74 Å². The zero-order chi connectivity index (χ0) is 11.8. The van der Waals surface area contributed by atoms with E-state index in [0.29, 0.717) is 0 Å². The number of ether oxygens (including phenoxy) is 1. The molecule has 17 heavy (non-hydrogen) atoms. The van der Waals surface area contributed by atoms with Crippen molar-refractivity contribution in [1.82, 2.24) is 14.8 Å². The van der Waals surface area contributed by atoms with Gasteiger partial charge in [0.1, 0.15) is 5.75 Å². The third-order valence-corrected chi connectivity index (χ3v) is 3.51. The van der Waals surface area contributed by atoms with Crippen LogP contribution < -0.4 is 4.74 Å². The monoisotopic (exact) mass is 245 g/mol. The highest BCUT2D eigenvalue weighted by molar-refractivity contribution is 7.20. The van der Waals surface area contributed by atoms with Gasteiger partial charge in [0.25, 0.3) is 0 Å². The minimum absolute atomic E-state index is 0.851. The van der Waals surface area contributed by atoms with Gasteiger partial charge in [0, 0.05) is 6.20 Å². The maximum Gasteiger partial charge on any atom is 0.211 e. The van der Waals surface area contributed by atoms with Gasteiger partial charge in [0.15, 0.2) is 0 Å². The molecule has 2 heterocycles. The molecule has 3 rings (SSSR count). The topological polar surface area (TPSA) is 39.9 Å². The summed E-state index contributed by atoms with van der Waals surface area (Å²) in [6, 6.07) is 7.84. The number of hydrogen-bond donors (Lipinski definition) is 0. The first-order valence-corrected chi connectivity index (χ1v) is 6.05. The number of benzene rings is 1. The highest BCUT2D eigenvalue weighted by atomic mass is 32.1. The summed E-state index contributed by atoms with van der Waals surface area (Å²) in [5.74, 6) is 0.851. The second-order valence-electron chi connectivity index (χ2n) is 3.73. The molecule has 86 valence electrons. The van der Waals surface area contributed by atoms with Crippen LogP contribution in [0.2, 0.25) is 0 Å². The van der Waals surface area contributed by atoms with Crippen LogP contribution in [-0.4, -0.2) is 21.9 Å². The molecule has 0 aliphatic rings. The Morgan fingerprint density at radius 2 is 2.18 bits per heavy atom. The van der Waals surface area contributed by atoms with E-state index in [1.807, 2.05) is 37.4 Å². The lowest BCUT2D eigenvalue weighted by Gasteiger charge is -1.96. The van der Waals surface area contributed by atoms with Crippen LogP contribution in [0.1, 0.15) is 5.69 Å². The first-order chi connectivity index (χ1) is 8.26. The van der Waals surface area contributed by atoms with Crippen molar-refractivity contribution in [2.75, 3.05) is 7.11 Å². The van der Waals surface area contributed by atoms with Crippen LogP contribution in [0.5, 0.6) is 5.75 Å². The van der Waals surface area contributed by atoms with Gasteiger partial charge in [-0.1, -0.05) is 11.3 Å². The zero-order valence-electron chi connectivity index (χ0n) is 9.54. The average Bonchev–Trinajstić information content (AvgIpc) is 2.93. The molecule has 0 fully saturated rings. The molecule has 1 aromatic carbocycles. The van der Waals surface area contributed by atoms with Crippen molar-refractivity contribution in [3.63, 3.8) is 0 Å². The summed E-state index contributed by atoms with van der Waals surface area (Å²) in [6.45, 7) is 1.97. The SMILES string of the molecule is COc1ccc2nc(-n3ccc(C)n3)sc2c1. The Bertz CT molecular complexity index is 671. The molecule has 5 heteroatoms. The number of nitrogens with zero attached hydrogens (tertiary/aromatic N) is 3. The van der Waals surface area contributed by atoms with E-state index in [9.17, 15) is 0 Å². The molecule has 3 aromatic rings. The second kappa shape index (κ2) is 3.85. The van der Waals surface area contributed by atoms with E-state index in [1.165, 1.54) is 0 Å². The summed E-state index contributed by atoms with van der Waals surface area (Å²) in [4.78, 5) is 4.54. The van der Waals surface area contributed by atoms with Crippen LogP contribution in [0.25, 0.3) is 15.3 Å². The third kappa shape index (κ3) is 1.78. The molecule has 0 bridgehead atoms. The lowest BCUT2D eigenvalue weighted by molar-refractivity contribution is 0.415. The van der Waals surface area contributed by atoms with Crippen molar-refractivity contribution >= 4 is 21.6 Å². The van der Waals surface area contributed by atoms with Gasteiger partial charge in [-0.25, -0.2) is 9.67 Å². The van der Waals surface area contributed by atoms with Crippen molar-refractivity contribution in [2.45, 2.75) is 6.92 Å². The predicted octanol–water partition coefficient (Wildman–Crippen LogP) is 2.80. The average molecular weight is 245 g/mol. The normalized spacial score (nSPS) is 10.9. The summed E-state index contributed by atoms with van der Waals surface area (Å²) < 4.78 is 8.10. The molecule has 0 saturated carbocycles. The number of methoxy groups -OCH3 is 1. The van der Waals surface area contributed by atoms with Crippen LogP contribution in [0, 0.1) is 6.92 Å². The molecule has 0 saturated heterocycles. The first kappa shape index (κ1) is 10.3. The lowest BCUT2D eigenvalue weighted by Crippen LogP contribution is -1.93. The van der Waals surface area contributed by atoms with Gasteiger partial charge in [-0.2, -0.15) is 5.10 Å². The molecular formula is C12H11N3OS. The number of fused-ring (bicyclic) bond motifs is 1. The third-order valence-electron chi connectivity index (χ3n) is 2.50. The summed E-state index contributed by atoms with van der Waals surface area (Å²) in [6.07, 6.45) is 1.92. The van der Waals surface area contributed by atoms with E-state index in [1.54, 1.807) is 23.1 Å². The number of rotatable bonds is 2. The van der Waals surface area contributed by atoms with Crippen molar-refractivity contribution in [3.05, 3.63) is 36.2 Å². The Hall–Kier alpha value is -1.88. The Labute approximate surface area is 102 Å². The molecule has 0 unspecified atom stereocenters. The molecular weight excluding hydrogens is 234 g/mol. The fraction of sp³-hybridized carbons (Fsp3) is 0.167. The fourth-order valence-corrected chi connectivity index (χ4v) is 2.57. The zero-order valence-corrected chi connectivity index (χ0v) is 10.4. The molecule has 0 aliphatic heterocycles. The number of aryl methyl sites for hydroxylation is 1. The quantitative estimate of drug-likeness (QED) is 0.697. The van der Waals surface area contributed by atoms with E-state index in [-0.39, 0.29) is 0 Å². The van der Waals surface area contributed by atoms with E-state index >= 15 is 0 Å². The Balaban J connectivity index is 2.13. The molecule has 0 atom stereocenters. The van der Waals surface area contributed by atoms with E-state index < -0.39 is 0 Å². The highest BCUT2D eigenvalue weighted by Gasteiger charge is 2.07. The Morgan fingerprint density at radius 1 is 1.29 bits per heavy atom. The van der Waals surface area contributed by atoms with Crippen molar-refractivity contribution in [3.8, 4) is 10.9 Å². The molecule has 4 nitrogen and oxygen atoms in total. The molecule has 0 aliphatic carbocycles. The van der Waals surface area contributed by atoms with Crippen molar-refractivity contribution in [1.29, 1.82) is 0 Å². The van der Waals surface area contributed by atoms with Crippen LogP contribution in [0.4, 0.5) is 0 Å². The van der Waals surface area contributed by atoms with Crippen LogP contribution in [0.3, 0.4) is 0 Å². The molecule has 0 N–H and O–H groups in total.